The minimum atomic E-state index is -0.114. The maximum absolute atomic E-state index is 12.2. The van der Waals surface area contributed by atoms with E-state index in [1.807, 2.05) is 19.9 Å². The van der Waals surface area contributed by atoms with Crippen LogP contribution < -0.4 is 5.43 Å². The summed E-state index contributed by atoms with van der Waals surface area (Å²) in [6, 6.07) is 6.87. The van der Waals surface area contributed by atoms with Crippen LogP contribution in [0.3, 0.4) is 0 Å². The zero-order valence-corrected chi connectivity index (χ0v) is 14.2. The first kappa shape index (κ1) is 15.5. The van der Waals surface area contributed by atoms with E-state index in [1.165, 1.54) is 6.07 Å². The molecule has 25 heavy (non-hydrogen) atoms. The van der Waals surface area contributed by atoms with Gasteiger partial charge in [0, 0.05) is 23.5 Å². The Kier molecular flexibility index (Phi) is 3.58. The van der Waals surface area contributed by atoms with Gasteiger partial charge in [-0.25, -0.2) is 15.0 Å². The molecule has 0 aliphatic heterocycles. The summed E-state index contributed by atoms with van der Waals surface area (Å²) in [6.07, 6.45) is 1.57. The first-order valence-corrected chi connectivity index (χ1v) is 7.95. The number of nitrogens with zero attached hydrogens (tertiary/aromatic N) is 4. The quantitative estimate of drug-likeness (QED) is 0.540. The summed E-state index contributed by atoms with van der Waals surface area (Å²) >= 11 is 6.12. The molecule has 0 radical (unpaired) electrons. The molecule has 0 amide bonds. The van der Waals surface area contributed by atoms with Crippen LogP contribution in [0.25, 0.3) is 33.7 Å². The van der Waals surface area contributed by atoms with E-state index < -0.39 is 0 Å². The van der Waals surface area contributed by atoms with Gasteiger partial charge in [-0.2, -0.15) is 5.10 Å². The van der Waals surface area contributed by atoms with E-state index >= 15 is 0 Å². The van der Waals surface area contributed by atoms with Crippen molar-refractivity contribution in [2.75, 3.05) is 0 Å². The lowest BCUT2D eigenvalue weighted by molar-refractivity contribution is 1.04. The monoisotopic (exact) mass is 352 g/mol. The van der Waals surface area contributed by atoms with Crippen LogP contribution in [0.1, 0.15) is 11.5 Å². The maximum Gasteiger partial charge on any atom is 0.200 e. The second-order valence-electron chi connectivity index (χ2n) is 5.69. The third kappa shape index (κ3) is 2.78. The van der Waals surface area contributed by atoms with Crippen LogP contribution in [0.5, 0.6) is 0 Å². The van der Waals surface area contributed by atoms with Gasteiger partial charge < -0.3 is 4.98 Å². The molecule has 4 aromatic rings. The average molecular weight is 353 g/mol. The van der Waals surface area contributed by atoms with Crippen molar-refractivity contribution in [3.05, 3.63) is 57.4 Å². The van der Waals surface area contributed by atoms with E-state index in [2.05, 4.69) is 30.1 Å². The Balaban J connectivity index is 2.09. The number of aromatic amines is 2. The molecule has 0 atom stereocenters. The van der Waals surface area contributed by atoms with Gasteiger partial charge in [0.1, 0.15) is 22.3 Å². The number of aromatic nitrogens is 6. The van der Waals surface area contributed by atoms with Gasteiger partial charge in [-0.1, -0.05) is 11.6 Å². The van der Waals surface area contributed by atoms with Gasteiger partial charge in [0.05, 0.1) is 5.39 Å². The second-order valence-corrected chi connectivity index (χ2v) is 6.07. The molecule has 8 heteroatoms. The molecule has 0 fully saturated rings. The molecule has 0 saturated heterocycles. The highest BCUT2D eigenvalue weighted by Gasteiger charge is 2.17. The van der Waals surface area contributed by atoms with Gasteiger partial charge in [-0.3, -0.25) is 9.89 Å². The molecular weight excluding hydrogens is 340 g/mol. The third-order valence-electron chi connectivity index (χ3n) is 3.78. The Morgan fingerprint density at radius 1 is 1.08 bits per heavy atom. The van der Waals surface area contributed by atoms with Gasteiger partial charge in [-0.15, -0.1) is 0 Å². The fourth-order valence-corrected chi connectivity index (χ4v) is 2.97. The highest BCUT2D eigenvalue weighted by molar-refractivity contribution is 6.29. The number of aryl methyl sites for hydroxylation is 2. The molecule has 0 spiro atoms. The van der Waals surface area contributed by atoms with E-state index in [4.69, 9.17) is 11.6 Å². The molecule has 124 valence electrons. The van der Waals surface area contributed by atoms with Crippen molar-refractivity contribution < 1.29 is 0 Å². The standard InChI is InChI=1S/C17H13ClN6O/c1-8-5-10(6-14(18)20-8)11-7-12-13(25)3-4-19-16(12)22-15(11)17-21-9(2)23-24-17/h3-7H,1-2H3,(H,19,22,25)(H,21,23,24). The summed E-state index contributed by atoms with van der Waals surface area (Å²) in [5.74, 6) is 1.12. The smallest absolute Gasteiger partial charge is 0.200 e. The minimum Gasteiger partial charge on any atom is -0.346 e. The first-order chi connectivity index (χ1) is 12.0. The van der Waals surface area contributed by atoms with E-state index in [1.54, 1.807) is 18.3 Å². The number of pyridine rings is 3. The lowest BCUT2D eigenvalue weighted by Gasteiger charge is -2.09. The molecule has 0 aliphatic rings. The number of fused-ring (bicyclic) bond motifs is 1. The van der Waals surface area contributed by atoms with E-state index in [-0.39, 0.29) is 5.43 Å². The van der Waals surface area contributed by atoms with Crippen molar-refractivity contribution >= 4 is 22.6 Å². The van der Waals surface area contributed by atoms with E-state index in [0.29, 0.717) is 33.5 Å². The van der Waals surface area contributed by atoms with Crippen molar-refractivity contribution in [2.24, 2.45) is 0 Å². The third-order valence-corrected chi connectivity index (χ3v) is 3.98. The van der Waals surface area contributed by atoms with Gasteiger partial charge in [-0.05, 0) is 37.6 Å². The molecule has 0 saturated carbocycles. The first-order valence-electron chi connectivity index (χ1n) is 7.57. The summed E-state index contributed by atoms with van der Waals surface area (Å²) in [6.45, 7) is 3.67. The van der Waals surface area contributed by atoms with Crippen LogP contribution in [0.15, 0.2) is 35.3 Å². The van der Waals surface area contributed by atoms with Crippen molar-refractivity contribution in [1.82, 2.24) is 30.1 Å². The van der Waals surface area contributed by atoms with Gasteiger partial charge >= 0.3 is 0 Å². The molecule has 2 N–H and O–H groups in total. The lowest BCUT2D eigenvalue weighted by Crippen LogP contribution is -2.04. The molecule has 4 heterocycles. The molecule has 4 rings (SSSR count). The number of halogens is 1. The average Bonchev–Trinajstić information content (AvgIpc) is 2.99. The maximum atomic E-state index is 12.2. The van der Waals surface area contributed by atoms with Crippen molar-refractivity contribution in [3.8, 4) is 22.6 Å². The Labute approximate surface area is 147 Å². The Hall–Kier alpha value is -3.06. The normalized spacial score (nSPS) is 11.2. The molecule has 4 aromatic heterocycles. The molecule has 0 bridgehead atoms. The highest BCUT2D eigenvalue weighted by Crippen LogP contribution is 2.32. The highest BCUT2D eigenvalue weighted by atomic mass is 35.5. The fraction of sp³-hybridized carbons (Fsp3) is 0.118. The molecule has 0 aromatic carbocycles. The number of hydrogen-bond donors (Lipinski definition) is 2. The zero-order chi connectivity index (χ0) is 17.6. The molecule has 0 aliphatic carbocycles. The molecular formula is C17H13ClN6O. The van der Waals surface area contributed by atoms with Crippen LogP contribution in [0.2, 0.25) is 5.15 Å². The number of hydrogen-bond acceptors (Lipinski definition) is 5. The lowest BCUT2D eigenvalue weighted by atomic mass is 10.0. The second kappa shape index (κ2) is 5.78. The fourth-order valence-electron chi connectivity index (χ4n) is 2.72. The van der Waals surface area contributed by atoms with Crippen LogP contribution in [0.4, 0.5) is 0 Å². The SMILES string of the molecule is Cc1cc(-c2cc3c(=O)cc[nH]c3nc2-c2n[nH]c(C)n2)cc(Cl)n1. The van der Waals surface area contributed by atoms with Crippen LogP contribution in [-0.2, 0) is 0 Å². The predicted molar refractivity (Wildman–Crippen MR) is 95.5 cm³/mol. The van der Waals surface area contributed by atoms with Gasteiger partial charge in [0.2, 0.25) is 0 Å². The van der Waals surface area contributed by atoms with Crippen molar-refractivity contribution in [1.29, 1.82) is 0 Å². The van der Waals surface area contributed by atoms with E-state index in [0.717, 1.165) is 16.8 Å². The molecule has 0 unspecified atom stereocenters. The Morgan fingerprint density at radius 3 is 2.64 bits per heavy atom. The Bertz CT molecular complexity index is 1140. The summed E-state index contributed by atoms with van der Waals surface area (Å²) in [5.41, 5.74) is 3.20. The zero-order valence-electron chi connectivity index (χ0n) is 13.5. The van der Waals surface area contributed by atoms with Gasteiger partial charge in [0.25, 0.3) is 0 Å². The Morgan fingerprint density at radius 2 is 1.92 bits per heavy atom. The topological polar surface area (TPSA) is 100 Å². The van der Waals surface area contributed by atoms with Crippen molar-refractivity contribution in [2.45, 2.75) is 13.8 Å². The minimum absolute atomic E-state index is 0.114. The van der Waals surface area contributed by atoms with Crippen LogP contribution in [-0.4, -0.2) is 30.1 Å². The number of H-pyrrole nitrogens is 2. The summed E-state index contributed by atoms with van der Waals surface area (Å²) < 4.78 is 0. The summed E-state index contributed by atoms with van der Waals surface area (Å²) in [4.78, 5) is 28.4. The number of nitrogens with one attached hydrogen (secondary N) is 2. The number of rotatable bonds is 2. The van der Waals surface area contributed by atoms with Crippen molar-refractivity contribution in [3.63, 3.8) is 0 Å². The molecule has 7 nitrogen and oxygen atoms in total. The van der Waals surface area contributed by atoms with Crippen LogP contribution >= 0.6 is 11.6 Å². The van der Waals surface area contributed by atoms with Gasteiger partial charge in [0.15, 0.2) is 11.3 Å². The van der Waals surface area contributed by atoms with Crippen LogP contribution in [0, 0.1) is 13.8 Å². The predicted octanol–water partition coefficient (Wildman–Crippen LogP) is 3.04. The largest absolute Gasteiger partial charge is 0.346 e. The summed E-state index contributed by atoms with van der Waals surface area (Å²) in [7, 11) is 0. The summed E-state index contributed by atoms with van der Waals surface area (Å²) in [5, 5.41) is 7.88. The van der Waals surface area contributed by atoms with E-state index in [9.17, 15) is 4.79 Å².